The van der Waals surface area contributed by atoms with Crippen molar-refractivity contribution in [1.82, 2.24) is 9.55 Å². The number of aromatic nitrogens is 2. The average molecular weight is 325 g/mol. The molecule has 3 rings (SSSR count). The van der Waals surface area contributed by atoms with Crippen LogP contribution in [0.3, 0.4) is 0 Å². The quantitative estimate of drug-likeness (QED) is 0.801. The molecule has 6 heteroatoms. The van der Waals surface area contributed by atoms with E-state index in [0.717, 1.165) is 10.6 Å². The fourth-order valence-electron chi connectivity index (χ4n) is 2.14. The molecule has 1 N–H and O–H groups in total. The van der Waals surface area contributed by atoms with Crippen molar-refractivity contribution in [2.24, 2.45) is 0 Å². The van der Waals surface area contributed by atoms with Gasteiger partial charge in [-0.1, -0.05) is 30.3 Å². The lowest BCUT2D eigenvalue weighted by Crippen LogP contribution is -2.19. The number of thiazole rings is 1. The fourth-order valence-corrected chi connectivity index (χ4v) is 2.95. The summed E-state index contributed by atoms with van der Waals surface area (Å²) in [6.07, 6.45) is 1.63. The minimum Gasteiger partial charge on any atom is -0.319 e. The maximum atomic E-state index is 12.3. The molecule has 0 bridgehead atoms. The molecule has 0 saturated carbocycles. The molecule has 0 spiro atoms. The van der Waals surface area contributed by atoms with Crippen LogP contribution in [-0.4, -0.2) is 15.5 Å². The van der Waals surface area contributed by atoms with E-state index in [-0.39, 0.29) is 11.5 Å². The predicted molar refractivity (Wildman–Crippen MR) is 91.9 cm³/mol. The van der Waals surface area contributed by atoms with Crippen LogP contribution in [-0.2, 0) is 6.54 Å². The first-order valence-electron chi connectivity index (χ1n) is 7.20. The largest absolute Gasteiger partial charge is 0.319 e. The van der Waals surface area contributed by atoms with Gasteiger partial charge < -0.3 is 9.88 Å². The standard InChI is InChI=1S/C17H15N3O2S/c1-2-20-10-13(8-9-15(20)21)18-16(22)14-11-23-17(19-14)12-6-4-3-5-7-12/h3-11H,2H2,1H3,(H,18,22). The van der Waals surface area contributed by atoms with Crippen molar-refractivity contribution in [3.8, 4) is 10.6 Å². The number of hydrogen-bond donors (Lipinski definition) is 1. The Bertz CT molecular complexity index is 884. The zero-order valence-corrected chi connectivity index (χ0v) is 13.3. The number of anilines is 1. The highest BCUT2D eigenvalue weighted by atomic mass is 32.1. The Hall–Kier alpha value is -2.73. The van der Waals surface area contributed by atoms with E-state index < -0.39 is 0 Å². The summed E-state index contributed by atoms with van der Waals surface area (Å²) in [5, 5.41) is 5.30. The molecule has 2 heterocycles. The SMILES string of the molecule is CCn1cc(NC(=O)c2csc(-c3ccccc3)n2)ccc1=O. The van der Waals surface area contributed by atoms with Crippen LogP contribution in [0.2, 0.25) is 0 Å². The Kier molecular flexibility index (Phi) is 4.34. The molecule has 116 valence electrons. The number of amides is 1. The molecule has 1 aromatic carbocycles. The molecule has 1 amide bonds. The maximum Gasteiger partial charge on any atom is 0.275 e. The van der Waals surface area contributed by atoms with Gasteiger partial charge in [0.15, 0.2) is 0 Å². The van der Waals surface area contributed by atoms with Crippen LogP contribution in [0.1, 0.15) is 17.4 Å². The van der Waals surface area contributed by atoms with E-state index in [2.05, 4.69) is 10.3 Å². The van der Waals surface area contributed by atoms with Gasteiger partial charge in [0.1, 0.15) is 10.7 Å². The van der Waals surface area contributed by atoms with Crippen LogP contribution in [0, 0.1) is 0 Å². The van der Waals surface area contributed by atoms with E-state index >= 15 is 0 Å². The van der Waals surface area contributed by atoms with Gasteiger partial charge in [0.05, 0.1) is 5.69 Å². The van der Waals surface area contributed by atoms with Crippen LogP contribution in [0.5, 0.6) is 0 Å². The Morgan fingerprint density at radius 2 is 2.00 bits per heavy atom. The maximum absolute atomic E-state index is 12.3. The number of carbonyl (C=O) groups is 1. The van der Waals surface area contributed by atoms with Gasteiger partial charge in [0.2, 0.25) is 0 Å². The van der Waals surface area contributed by atoms with Crippen molar-refractivity contribution in [2.75, 3.05) is 5.32 Å². The highest BCUT2D eigenvalue weighted by Gasteiger charge is 2.12. The predicted octanol–water partition coefficient (Wildman–Crippen LogP) is 3.24. The first-order valence-corrected chi connectivity index (χ1v) is 8.08. The van der Waals surface area contributed by atoms with E-state index in [9.17, 15) is 9.59 Å². The van der Waals surface area contributed by atoms with Crippen molar-refractivity contribution >= 4 is 22.9 Å². The van der Waals surface area contributed by atoms with E-state index in [0.29, 0.717) is 17.9 Å². The second kappa shape index (κ2) is 6.58. The topological polar surface area (TPSA) is 64.0 Å². The summed E-state index contributed by atoms with van der Waals surface area (Å²) in [6.45, 7) is 2.43. The lowest BCUT2D eigenvalue weighted by atomic mass is 10.2. The van der Waals surface area contributed by atoms with Crippen LogP contribution < -0.4 is 10.9 Å². The first-order chi connectivity index (χ1) is 11.2. The molecule has 0 aliphatic carbocycles. The minimum absolute atomic E-state index is 0.0921. The summed E-state index contributed by atoms with van der Waals surface area (Å²) >= 11 is 1.42. The highest BCUT2D eigenvalue weighted by molar-refractivity contribution is 7.13. The molecule has 23 heavy (non-hydrogen) atoms. The second-order valence-corrected chi connectivity index (χ2v) is 5.76. The summed E-state index contributed by atoms with van der Waals surface area (Å²) in [7, 11) is 0. The van der Waals surface area contributed by atoms with Gasteiger partial charge in [-0.25, -0.2) is 4.98 Å². The third kappa shape index (κ3) is 3.37. The van der Waals surface area contributed by atoms with Gasteiger partial charge in [-0.15, -0.1) is 11.3 Å². The van der Waals surface area contributed by atoms with Gasteiger partial charge in [0.25, 0.3) is 11.5 Å². The molecule has 0 aliphatic rings. The number of nitrogens with one attached hydrogen (secondary N) is 1. The Balaban J connectivity index is 1.79. The number of aryl methyl sites for hydroxylation is 1. The van der Waals surface area contributed by atoms with Gasteiger partial charge in [-0.3, -0.25) is 9.59 Å². The third-order valence-electron chi connectivity index (χ3n) is 3.34. The number of benzene rings is 1. The normalized spacial score (nSPS) is 10.5. The van der Waals surface area contributed by atoms with Crippen molar-refractivity contribution in [1.29, 1.82) is 0 Å². The molecule has 0 fully saturated rings. The minimum atomic E-state index is -0.287. The molecule has 0 saturated heterocycles. The van der Waals surface area contributed by atoms with Crippen molar-refractivity contribution in [2.45, 2.75) is 13.5 Å². The van der Waals surface area contributed by atoms with E-state index in [1.807, 2.05) is 37.3 Å². The van der Waals surface area contributed by atoms with Crippen LogP contribution in [0.4, 0.5) is 5.69 Å². The summed E-state index contributed by atoms with van der Waals surface area (Å²) in [4.78, 5) is 28.2. The Morgan fingerprint density at radius 3 is 2.74 bits per heavy atom. The van der Waals surface area contributed by atoms with E-state index in [1.54, 1.807) is 17.6 Å². The van der Waals surface area contributed by atoms with E-state index in [4.69, 9.17) is 0 Å². The zero-order chi connectivity index (χ0) is 16.2. The van der Waals surface area contributed by atoms with Gasteiger partial charge in [0, 0.05) is 29.8 Å². The smallest absolute Gasteiger partial charge is 0.275 e. The highest BCUT2D eigenvalue weighted by Crippen LogP contribution is 2.23. The molecular formula is C17H15N3O2S. The van der Waals surface area contributed by atoms with Crippen LogP contribution in [0.25, 0.3) is 10.6 Å². The lowest BCUT2D eigenvalue weighted by Gasteiger charge is -2.06. The average Bonchev–Trinajstić information content (AvgIpc) is 3.07. The second-order valence-electron chi connectivity index (χ2n) is 4.90. The number of pyridine rings is 1. The van der Waals surface area contributed by atoms with Crippen LogP contribution in [0.15, 0.2) is 58.8 Å². The monoisotopic (exact) mass is 325 g/mol. The summed E-state index contributed by atoms with van der Waals surface area (Å²) < 4.78 is 1.53. The first kappa shape index (κ1) is 15.2. The molecule has 3 aromatic rings. The Morgan fingerprint density at radius 1 is 1.22 bits per heavy atom. The number of rotatable bonds is 4. The number of hydrogen-bond acceptors (Lipinski definition) is 4. The van der Waals surface area contributed by atoms with Crippen LogP contribution >= 0.6 is 11.3 Å². The number of carbonyl (C=O) groups excluding carboxylic acids is 1. The Labute approximate surface area is 137 Å². The molecule has 5 nitrogen and oxygen atoms in total. The molecule has 0 radical (unpaired) electrons. The van der Waals surface area contributed by atoms with Gasteiger partial charge in [-0.05, 0) is 13.0 Å². The molecule has 0 aliphatic heterocycles. The summed E-state index contributed by atoms with van der Waals surface area (Å²) in [5.74, 6) is -0.287. The summed E-state index contributed by atoms with van der Waals surface area (Å²) in [5.41, 5.74) is 1.83. The van der Waals surface area contributed by atoms with Crippen molar-refractivity contribution in [3.63, 3.8) is 0 Å². The third-order valence-corrected chi connectivity index (χ3v) is 4.23. The molecular weight excluding hydrogens is 310 g/mol. The zero-order valence-electron chi connectivity index (χ0n) is 12.5. The van der Waals surface area contributed by atoms with Crippen molar-refractivity contribution in [3.05, 3.63) is 70.1 Å². The molecule has 2 aromatic heterocycles. The van der Waals surface area contributed by atoms with Crippen molar-refractivity contribution < 1.29 is 4.79 Å². The van der Waals surface area contributed by atoms with E-state index in [1.165, 1.54) is 22.0 Å². The van der Waals surface area contributed by atoms with Gasteiger partial charge in [-0.2, -0.15) is 0 Å². The lowest BCUT2D eigenvalue weighted by molar-refractivity contribution is 0.102. The summed E-state index contributed by atoms with van der Waals surface area (Å²) in [6, 6.07) is 12.8. The molecule has 0 unspecified atom stereocenters. The fraction of sp³-hybridized carbons (Fsp3) is 0.118. The molecule has 0 atom stereocenters. The number of nitrogens with zero attached hydrogens (tertiary/aromatic N) is 2. The van der Waals surface area contributed by atoms with Gasteiger partial charge >= 0.3 is 0 Å².